The molecule has 1 aliphatic rings. The molecule has 1 heterocycles. The highest BCUT2D eigenvalue weighted by atomic mass is 32.2. The average Bonchev–Trinajstić information content (AvgIpc) is 3.22. The van der Waals surface area contributed by atoms with Gasteiger partial charge in [0.2, 0.25) is 0 Å². The summed E-state index contributed by atoms with van der Waals surface area (Å²) >= 11 is 0. The largest absolute Gasteiger partial charge is 0.346 e. The third-order valence-electron chi connectivity index (χ3n) is 4.38. The first kappa shape index (κ1) is 14.6. The van der Waals surface area contributed by atoms with E-state index < -0.39 is 9.84 Å². The Bertz CT molecular complexity index is 758. The maximum absolute atomic E-state index is 12.3. The summed E-state index contributed by atoms with van der Waals surface area (Å²) in [6.07, 6.45) is 3.65. The van der Waals surface area contributed by atoms with Crippen LogP contribution in [0.4, 0.5) is 0 Å². The lowest BCUT2D eigenvalue weighted by Crippen LogP contribution is -2.28. The van der Waals surface area contributed by atoms with E-state index in [1.165, 1.54) is 0 Å². The van der Waals surface area contributed by atoms with Crippen LogP contribution in [0.15, 0.2) is 35.4 Å². The van der Waals surface area contributed by atoms with Crippen LogP contribution in [0.2, 0.25) is 0 Å². The van der Waals surface area contributed by atoms with Crippen LogP contribution in [0.5, 0.6) is 0 Å². The number of sulfone groups is 1. The molecule has 4 nitrogen and oxygen atoms in total. The standard InChI is InChI=1S/C16H22N2O2S/c1-12(17(2)3)11-18-9-8-13-10-15(6-7-16(13)18)21(19,20)14-4-5-14/h6-10,12,14H,4-5,11H2,1-3H3/t12-/m1/s1. The van der Waals surface area contributed by atoms with Gasteiger partial charge in [0.05, 0.1) is 10.1 Å². The Morgan fingerprint density at radius 2 is 2.00 bits per heavy atom. The normalized spacial score (nSPS) is 17.5. The van der Waals surface area contributed by atoms with Crippen LogP contribution in [-0.4, -0.2) is 43.3 Å². The van der Waals surface area contributed by atoms with E-state index in [0.717, 1.165) is 30.3 Å². The van der Waals surface area contributed by atoms with Crippen molar-refractivity contribution in [2.75, 3.05) is 14.1 Å². The maximum Gasteiger partial charge on any atom is 0.181 e. The van der Waals surface area contributed by atoms with E-state index in [4.69, 9.17) is 0 Å². The number of rotatable bonds is 5. The van der Waals surface area contributed by atoms with Gasteiger partial charge < -0.3 is 9.47 Å². The molecule has 1 saturated carbocycles. The predicted octanol–water partition coefficient (Wildman–Crippen LogP) is 2.53. The van der Waals surface area contributed by atoms with Crippen molar-refractivity contribution in [3.63, 3.8) is 0 Å². The van der Waals surface area contributed by atoms with Crippen molar-refractivity contribution < 1.29 is 8.42 Å². The first-order chi connectivity index (χ1) is 9.89. The van der Waals surface area contributed by atoms with Gasteiger partial charge in [-0.15, -0.1) is 0 Å². The van der Waals surface area contributed by atoms with Crippen LogP contribution in [0.3, 0.4) is 0 Å². The zero-order valence-electron chi connectivity index (χ0n) is 12.8. The fraction of sp³-hybridized carbons (Fsp3) is 0.500. The first-order valence-electron chi connectivity index (χ1n) is 7.39. The van der Waals surface area contributed by atoms with E-state index in [-0.39, 0.29) is 5.25 Å². The molecule has 1 fully saturated rings. The van der Waals surface area contributed by atoms with E-state index in [9.17, 15) is 8.42 Å². The summed E-state index contributed by atoms with van der Waals surface area (Å²) < 4.78 is 26.8. The molecular weight excluding hydrogens is 284 g/mol. The van der Waals surface area contributed by atoms with Gasteiger partial charge in [0.1, 0.15) is 0 Å². The average molecular weight is 306 g/mol. The molecule has 1 aromatic heterocycles. The van der Waals surface area contributed by atoms with Crippen LogP contribution >= 0.6 is 0 Å². The maximum atomic E-state index is 12.3. The summed E-state index contributed by atoms with van der Waals surface area (Å²) in [7, 11) is 1.03. The summed E-state index contributed by atoms with van der Waals surface area (Å²) in [5.74, 6) is 0. The monoisotopic (exact) mass is 306 g/mol. The van der Waals surface area contributed by atoms with E-state index in [1.807, 2.05) is 24.4 Å². The van der Waals surface area contributed by atoms with Crippen LogP contribution in [-0.2, 0) is 16.4 Å². The Hall–Kier alpha value is -1.33. The molecule has 21 heavy (non-hydrogen) atoms. The summed E-state index contributed by atoms with van der Waals surface area (Å²) in [5, 5.41) is 0.855. The van der Waals surface area contributed by atoms with Crippen molar-refractivity contribution in [1.29, 1.82) is 0 Å². The Morgan fingerprint density at radius 1 is 1.29 bits per heavy atom. The summed E-state index contributed by atoms with van der Waals surface area (Å²) in [4.78, 5) is 2.65. The molecule has 1 atom stereocenters. The molecule has 0 unspecified atom stereocenters. The van der Waals surface area contributed by atoms with Gasteiger partial charge in [0.15, 0.2) is 9.84 Å². The van der Waals surface area contributed by atoms with Crippen molar-refractivity contribution in [3.05, 3.63) is 30.5 Å². The first-order valence-corrected chi connectivity index (χ1v) is 8.93. The van der Waals surface area contributed by atoms with Gasteiger partial charge in [-0.1, -0.05) is 0 Å². The molecule has 2 aromatic rings. The SMILES string of the molecule is C[C@H](Cn1ccc2cc(S(=O)(=O)C3CC3)ccc21)N(C)C. The van der Waals surface area contributed by atoms with Crippen LogP contribution in [0.25, 0.3) is 10.9 Å². The highest BCUT2D eigenvalue weighted by molar-refractivity contribution is 7.92. The third kappa shape index (κ3) is 2.72. The van der Waals surface area contributed by atoms with Crippen LogP contribution < -0.4 is 0 Å². The van der Waals surface area contributed by atoms with E-state index in [1.54, 1.807) is 6.07 Å². The van der Waals surface area contributed by atoms with E-state index in [0.29, 0.717) is 10.9 Å². The van der Waals surface area contributed by atoms with Crippen molar-refractivity contribution >= 4 is 20.7 Å². The van der Waals surface area contributed by atoms with Gasteiger partial charge in [-0.2, -0.15) is 0 Å². The van der Waals surface area contributed by atoms with Crippen LogP contribution in [0, 0.1) is 0 Å². The second-order valence-corrected chi connectivity index (χ2v) is 8.47. The number of hydrogen-bond donors (Lipinski definition) is 0. The molecule has 0 amide bonds. The van der Waals surface area contributed by atoms with Gasteiger partial charge >= 0.3 is 0 Å². The number of fused-ring (bicyclic) bond motifs is 1. The fourth-order valence-electron chi connectivity index (χ4n) is 2.53. The third-order valence-corrected chi connectivity index (χ3v) is 6.64. The summed E-state index contributed by atoms with van der Waals surface area (Å²) in [6.45, 7) is 3.07. The number of benzene rings is 1. The Balaban J connectivity index is 1.94. The topological polar surface area (TPSA) is 42.3 Å². The van der Waals surface area contributed by atoms with E-state index in [2.05, 4.69) is 30.5 Å². The number of hydrogen-bond acceptors (Lipinski definition) is 3. The lowest BCUT2D eigenvalue weighted by molar-refractivity contribution is 0.286. The van der Waals surface area contributed by atoms with Gasteiger partial charge in [-0.25, -0.2) is 8.42 Å². The molecule has 1 aromatic carbocycles. The van der Waals surface area contributed by atoms with Gasteiger partial charge in [0.25, 0.3) is 0 Å². The molecule has 5 heteroatoms. The highest BCUT2D eigenvalue weighted by Crippen LogP contribution is 2.34. The molecule has 0 spiro atoms. The van der Waals surface area contributed by atoms with Gasteiger partial charge in [-0.05, 0) is 58.1 Å². The molecule has 0 bridgehead atoms. The Labute approximate surface area is 126 Å². The summed E-state index contributed by atoms with van der Waals surface area (Å²) in [6, 6.07) is 7.94. The predicted molar refractivity (Wildman–Crippen MR) is 85.3 cm³/mol. The minimum atomic E-state index is -3.10. The quantitative estimate of drug-likeness (QED) is 0.852. The minimum absolute atomic E-state index is 0.147. The Morgan fingerprint density at radius 3 is 2.62 bits per heavy atom. The molecule has 0 aliphatic heterocycles. The van der Waals surface area contributed by atoms with Gasteiger partial charge in [-0.3, -0.25) is 0 Å². The van der Waals surface area contributed by atoms with Crippen LogP contribution in [0.1, 0.15) is 19.8 Å². The summed E-state index contributed by atoms with van der Waals surface area (Å²) in [5.41, 5.74) is 1.10. The smallest absolute Gasteiger partial charge is 0.181 e. The second kappa shape index (κ2) is 5.14. The molecule has 0 saturated heterocycles. The Kier molecular flexibility index (Phi) is 3.58. The number of nitrogens with zero attached hydrogens (tertiary/aromatic N) is 2. The second-order valence-electron chi connectivity index (χ2n) is 6.25. The highest BCUT2D eigenvalue weighted by Gasteiger charge is 2.36. The zero-order valence-corrected chi connectivity index (χ0v) is 13.6. The molecule has 0 N–H and O–H groups in total. The van der Waals surface area contributed by atoms with Crippen molar-refractivity contribution in [3.8, 4) is 0 Å². The lowest BCUT2D eigenvalue weighted by atomic mass is 10.2. The van der Waals surface area contributed by atoms with Crippen molar-refractivity contribution in [2.45, 2.75) is 42.5 Å². The zero-order chi connectivity index (χ0) is 15.2. The molecule has 114 valence electrons. The molecular formula is C16H22N2O2S. The van der Waals surface area contributed by atoms with Crippen molar-refractivity contribution in [2.24, 2.45) is 0 Å². The number of aromatic nitrogens is 1. The lowest BCUT2D eigenvalue weighted by Gasteiger charge is -2.20. The fourth-order valence-corrected chi connectivity index (χ4v) is 4.22. The molecule has 3 rings (SSSR count). The molecule has 0 radical (unpaired) electrons. The van der Waals surface area contributed by atoms with Crippen molar-refractivity contribution in [1.82, 2.24) is 9.47 Å². The van der Waals surface area contributed by atoms with Gasteiger partial charge in [0, 0.05) is 29.7 Å². The molecule has 1 aliphatic carbocycles. The minimum Gasteiger partial charge on any atom is -0.346 e. The number of likely N-dealkylation sites (N-methyl/N-ethyl adjacent to an activating group) is 1. The van der Waals surface area contributed by atoms with E-state index >= 15 is 0 Å².